The van der Waals surface area contributed by atoms with Crippen LogP contribution in [0, 0.1) is 0 Å². The molecule has 0 aliphatic carbocycles. The third kappa shape index (κ3) is 123. The van der Waals surface area contributed by atoms with Gasteiger partial charge in [-0.2, -0.15) is 0 Å². The number of quaternary nitrogens is 1. The van der Waals surface area contributed by atoms with Crippen LogP contribution in [0.3, 0.4) is 0 Å². The first kappa shape index (κ1) is 22.6. The van der Waals surface area contributed by atoms with E-state index in [1.165, 1.54) is 0 Å². The minimum absolute atomic E-state index is 0. The second kappa shape index (κ2) is 8.67. The number of phosphoric acid groups is 1. The summed E-state index contributed by atoms with van der Waals surface area (Å²) in [5, 5.41) is 0. The predicted molar refractivity (Wildman–Crippen MR) is 20.0 cm³/mol. The molecule has 0 amide bonds. The molecule has 0 aromatic carbocycles. The van der Waals surface area contributed by atoms with E-state index in [1.54, 1.807) is 0 Å². The molecule has 0 saturated heterocycles. The van der Waals surface area contributed by atoms with Gasteiger partial charge < -0.3 is 26.3 Å². The first-order valence-electron chi connectivity index (χ1n) is 0.765. The molecule has 0 saturated carbocycles. The average molecular weight is 171 g/mol. The van der Waals surface area contributed by atoms with Gasteiger partial charge in [0.25, 0.3) is 7.82 Å². The van der Waals surface area contributed by atoms with Crippen molar-refractivity contribution in [2.75, 3.05) is 0 Å². The van der Waals surface area contributed by atoms with E-state index in [0.717, 1.165) is 0 Å². The van der Waals surface area contributed by atoms with Crippen LogP contribution in [0.25, 0.3) is 0 Å². The maximum atomic E-state index is 8.77. The summed E-state index contributed by atoms with van der Waals surface area (Å²) in [4.78, 5) is 22.9. The van der Waals surface area contributed by atoms with Crippen molar-refractivity contribution in [1.82, 2.24) is 6.15 Å². The second-order valence-electron chi connectivity index (χ2n) is 0.491. The van der Waals surface area contributed by atoms with E-state index in [0.29, 0.717) is 0 Å². The normalized spacial score (nSPS) is 7.38. The van der Waals surface area contributed by atoms with Crippen molar-refractivity contribution in [3.05, 3.63) is 0 Å². The molecule has 7 N–H and O–H groups in total. The van der Waals surface area contributed by atoms with Crippen molar-refractivity contribution in [1.29, 1.82) is 0 Å². The molecule has 8 heteroatoms. The van der Waals surface area contributed by atoms with E-state index in [-0.39, 0.29) is 63.0 Å². The van der Waals surface area contributed by atoms with Gasteiger partial charge in [-0.05, 0) is 0 Å². The predicted octanol–water partition coefficient (Wildman–Crippen LogP) is -4.36. The Bertz CT molecular complexity index is 58.6. The summed E-state index contributed by atoms with van der Waals surface area (Å²) in [6.07, 6.45) is 0. The van der Waals surface area contributed by atoms with E-state index in [2.05, 4.69) is 0 Å². The van der Waals surface area contributed by atoms with Crippen molar-refractivity contribution in [3.63, 3.8) is 0 Å². The molecule has 0 unspecified atom stereocenters. The van der Waals surface area contributed by atoms with Gasteiger partial charge in [0, 0.05) is 0 Å². The zero-order chi connectivity index (χ0) is 4.50. The van der Waals surface area contributed by atoms with Crippen molar-refractivity contribution in [3.8, 4) is 0 Å². The molecule has 0 bridgehead atoms. The smallest absolute Gasteiger partial charge is 0.870 e. The van der Waals surface area contributed by atoms with Crippen LogP contribution < -0.4 is 62.4 Å². The van der Waals surface area contributed by atoms with Gasteiger partial charge in [0.2, 0.25) is 0 Å². The molecule has 0 spiro atoms. The van der Waals surface area contributed by atoms with Gasteiger partial charge in [0.15, 0.2) is 0 Å². The molecule has 0 aliphatic rings. The zero-order valence-electron chi connectivity index (χ0n) is 4.61. The van der Waals surface area contributed by atoms with Gasteiger partial charge >= 0.3 is 51.4 Å². The van der Waals surface area contributed by atoms with Gasteiger partial charge in [0.1, 0.15) is 0 Å². The van der Waals surface area contributed by atoms with Crippen LogP contribution >= 0.6 is 7.82 Å². The molecule has 0 heterocycles. The molecular weight excluding hydrogens is 164 g/mol. The third-order valence-electron chi connectivity index (χ3n) is 0. The zero-order valence-corrected chi connectivity index (χ0v) is 8.62. The largest absolute Gasteiger partial charge is 1.00 e. The number of rotatable bonds is 0. The number of hydrogen-bond donors (Lipinski definition) is 3. The monoisotopic (exact) mass is 171 g/mol. The summed E-state index contributed by atoms with van der Waals surface area (Å²) in [6.45, 7) is 0. The summed E-state index contributed by atoms with van der Waals surface area (Å²) in [5.74, 6) is 0. The van der Waals surface area contributed by atoms with Gasteiger partial charge in [-0.3, -0.25) is 4.57 Å². The Morgan fingerprint density at radius 1 is 1.38 bits per heavy atom. The molecule has 0 aromatic rings. The van der Waals surface area contributed by atoms with E-state index in [4.69, 9.17) is 19.2 Å². The van der Waals surface area contributed by atoms with E-state index >= 15 is 0 Å². The first-order chi connectivity index (χ1) is 2.00. The minimum atomic E-state index is -4.89. The fraction of sp³-hybridized carbons (Fsp3) is 0. The fourth-order valence-electron chi connectivity index (χ4n) is 0. The molecule has 0 aliphatic heterocycles. The number of hydrogen-bond acceptors (Lipinski definition) is 3. The molecule has 6 nitrogen and oxygen atoms in total. The van der Waals surface area contributed by atoms with Crippen LogP contribution in [0.4, 0.5) is 0 Å². The Hall–Kier alpha value is 1.67. The van der Waals surface area contributed by atoms with Crippen LogP contribution in [-0.4, -0.2) is 15.3 Å². The van der Waals surface area contributed by atoms with Gasteiger partial charge in [-0.25, -0.2) is 0 Å². The van der Waals surface area contributed by atoms with E-state index in [9.17, 15) is 0 Å². The second-order valence-corrected chi connectivity index (χ2v) is 1.47. The van der Waals surface area contributed by atoms with Gasteiger partial charge in [-0.1, -0.05) is 0 Å². The molecule has 0 atom stereocenters. The summed E-state index contributed by atoms with van der Waals surface area (Å²) in [5.41, 5.74) is 0. The van der Waals surface area contributed by atoms with Crippen molar-refractivity contribution >= 4 is 7.82 Å². The topological polar surface area (TPSA) is 147 Å². The minimum Gasteiger partial charge on any atom is -0.870 e. The van der Waals surface area contributed by atoms with Crippen molar-refractivity contribution in [2.24, 2.45) is 0 Å². The van der Waals surface area contributed by atoms with Gasteiger partial charge in [-0.15, -0.1) is 0 Å². The van der Waals surface area contributed by atoms with E-state index in [1.807, 2.05) is 0 Å². The summed E-state index contributed by atoms with van der Waals surface area (Å²) >= 11 is 0. The fourth-order valence-corrected chi connectivity index (χ4v) is 0. The molecule has 0 fully saturated rings. The maximum absolute atomic E-state index is 8.77. The summed E-state index contributed by atoms with van der Waals surface area (Å²) < 4.78 is 8.77. The molecule has 0 aromatic heterocycles. The van der Waals surface area contributed by atoms with Crippen LogP contribution in [0.1, 0.15) is 0 Å². The Morgan fingerprint density at radius 3 is 1.38 bits per heavy atom. The standard InChI is InChI=1S/K.H3N.H3O4P.H2O/c;;1-5(2,3)4;/h;1H3;(H3,1,2,3,4);1H2/q+1;;;/p-1. The van der Waals surface area contributed by atoms with E-state index < -0.39 is 7.82 Å². The molecule has 0 radical (unpaired) electrons. The van der Waals surface area contributed by atoms with Crippen LogP contribution in [0.5, 0.6) is 0 Å². The van der Waals surface area contributed by atoms with Crippen molar-refractivity contribution < 1.29 is 76.1 Å². The summed E-state index contributed by atoms with van der Waals surface area (Å²) in [7, 11) is -4.89. The summed E-state index contributed by atoms with van der Waals surface area (Å²) in [6, 6.07) is 0. The Morgan fingerprint density at radius 2 is 1.38 bits per heavy atom. The Kier molecular flexibility index (Phi) is 24.5. The first-order valence-corrected chi connectivity index (χ1v) is 2.30. The van der Waals surface area contributed by atoms with Crippen molar-refractivity contribution in [2.45, 2.75) is 0 Å². The Balaban J connectivity index is -0.0000000267. The quantitative estimate of drug-likeness (QED) is 0.249. The Labute approximate surface area is 88.8 Å². The van der Waals surface area contributed by atoms with Crippen LogP contribution in [0.2, 0.25) is 0 Å². The maximum Gasteiger partial charge on any atom is 1.00 e. The van der Waals surface area contributed by atoms with Gasteiger partial charge in [0.05, 0.1) is 0 Å². The average Bonchev–Trinajstić information content (AvgIpc) is 0.722. The van der Waals surface area contributed by atoms with Crippen LogP contribution in [-0.2, 0) is 4.57 Å². The van der Waals surface area contributed by atoms with Crippen LogP contribution in [0.15, 0.2) is 0 Å². The SMILES string of the molecule is O=P([O-])(O)O.[K+].[NH4+].[OH-]. The molecule has 8 heavy (non-hydrogen) atoms. The molecule has 48 valence electrons. The molecular formula is H7KNO5P. The third-order valence-corrected chi connectivity index (χ3v) is 0. The molecule has 0 rings (SSSR count).